The van der Waals surface area contributed by atoms with Crippen molar-refractivity contribution < 1.29 is 19.5 Å². The lowest BCUT2D eigenvalue weighted by molar-refractivity contribution is -0.130. The van der Waals surface area contributed by atoms with Crippen LogP contribution in [0.1, 0.15) is 6.92 Å². The third kappa shape index (κ3) is 2.93. The Morgan fingerprint density at radius 2 is 2.19 bits per heavy atom. The summed E-state index contributed by atoms with van der Waals surface area (Å²) in [5, 5.41) is 11.3. The number of imide groups is 1. The number of urea groups is 1. The smallest absolute Gasteiger partial charge is 0.327 e. The first-order valence-electron chi connectivity index (χ1n) is 4.92. The van der Waals surface area contributed by atoms with Gasteiger partial charge in [0.05, 0.1) is 6.10 Å². The number of rotatable bonds is 4. The molecule has 0 bridgehead atoms. The first-order valence-corrected chi connectivity index (χ1v) is 4.92. The van der Waals surface area contributed by atoms with Crippen LogP contribution in [0.5, 0.6) is 0 Å². The van der Waals surface area contributed by atoms with Crippen LogP contribution in [0.25, 0.3) is 0 Å². The van der Waals surface area contributed by atoms with Crippen molar-refractivity contribution in [1.82, 2.24) is 15.1 Å². The van der Waals surface area contributed by atoms with E-state index in [0.29, 0.717) is 0 Å². The molecule has 4 amide bonds. The normalized spacial score (nSPS) is 17.9. The highest BCUT2D eigenvalue weighted by Gasteiger charge is 2.34. The van der Waals surface area contributed by atoms with E-state index in [1.807, 2.05) is 0 Å². The third-order valence-corrected chi connectivity index (χ3v) is 2.13. The minimum absolute atomic E-state index is 0.00250. The molecule has 0 spiro atoms. The summed E-state index contributed by atoms with van der Waals surface area (Å²) in [5.74, 6) is -0.849. The molecule has 0 radical (unpaired) electrons. The number of carbonyl (C=O) groups excluding carboxylic acids is 3. The zero-order chi connectivity index (χ0) is 12.3. The number of aliphatic hydroxyl groups is 1. The summed E-state index contributed by atoms with van der Waals surface area (Å²) in [5.41, 5.74) is 0. The van der Waals surface area contributed by atoms with Gasteiger partial charge in [0.15, 0.2) is 0 Å². The van der Waals surface area contributed by atoms with Crippen LogP contribution in [-0.2, 0) is 9.59 Å². The molecule has 0 saturated carbocycles. The van der Waals surface area contributed by atoms with Crippen LogP contribution in [-0.4, -0.2) is 65.5 Å². The highest BCUT2D eigenvalue weighted by molar-refractivity contribution is 6.04. The summed E-state index contributed by atoms with van der Waals surface area (Å²) >= 11 is 0. The fraction of sp³-hybridized carbons (Fsp3) is 0.667. The molecule has 0 aromatic carbocycles. The minimum atomic E-state index is -0.656. The fourth-order valence-corrected chi connectivity index (χ4v) is 1.29. The minimum Gasteiger partial charge on any atom is -0.392 e. The average Bonchev–Trinajstić information content (AvgIpc) is 2.42. The van der Waals surface area contributed by atoms with Crippen LogP contribution in [0.2, 0.25) is 0 Å². The van der Waals surface area contributed by atoms with E-state index >= 15 is 0 Å². The average molecular weight is 229 g/mol. The Balaban J connectivity index is 2.45. The zero-order valence-corrected chi connectivity index (χ0v) is 9.27. The summed E-state index contributed by atoms with van der Waals surface area (Å²) in [7, 11) is 1.49. The fourth-order valence-electron chi connectivity index (χ4n) is 1.29. The Bertz CT molecular complexity index is 316. The lowest BCUT2D eigenvalue weighted by Crippen LogP contribution is -2.42. The van der Waals surface area contributed by atoms with E-state index in [2.05, 4.69) is 5.32 Å². The second-order valence-electron chi connectivity index (χ2n) is 3.77. The molecule has 1 aliphatic rings. The third-order valence-electron chi connectivity index (χ3n) is 2.13. The van der Waals surface area contributed by atoms with E-state index in [4.69, 9.17) is 5.11 Å². The molecule has 2 N–H and O–H groups in total. The SMILES string of the molecule is CC(O)CNC(=O)CN1C(=O)CN(C)C1=O. The Morgan fingerprint density at radius 3 is 2.62 bits per heavy atom. The number of amides is 4. The highest BCUT2D eigenvalue weighted by atomic mass is 16.3. The molecule has 1 aliphatic heterocycles. The standard InChI is InChI=1S/C9H15N3O4/c1-6(13)3-10-7(14)4-12-8(15)5-11(2)9(12)16/h6,13H,3-5H2,1-2H3,(H,10,14). The topological polar surface area (TPSA) is 89.9 Å². The molecule has 16 heavy (non-hydrogen) atoms. The van der Waals surface area contributed by atoms with Gasteiger partial charge in [0.25, 0.3) is 5.91 Å². The van der Waals surface area contributed by atoms with Crippen LogP contribution >= 0.6 is 0 Å². The number of likely N-dealkylation sites (N-methyl/N-ethyl adjacent to an activating group) is 1. The van der Waals surface area contributed by atoms with E-state index in [1.54, 1.807) is 0 Å². The van der Waals surface area contributed by atoms with Gasteiger partial charge in [0.2, 0.25) is 5.91 Å². The highest BCUT2D eigenvalue weighted by Crippen LogP contribution is 2.06. The summed E-state index contributed by atoms with van der Waals surface area (Å²) in [6.07, 6.45) is -0.656. The van der Waals surface area contributed by atoms with E-state index in [1.165, 1.54) is 18.9 Å². The number of nitrogens with one attached hydrogen (secondary N) is 1. The van der Waals surface area contributed by atoms with Gasteiger partial charge in [-0.3, -0.25) is 14.5 Å². The Hall–Kier alpha value is -1.63. The van der Waals surface area contributed by atoms with Gasteiger partial charge in [-0.1, -0.05) is 0 Å². The summed E-state index contributed by atoms with van der Waals surface area (Å²) in [4.78, 5) is 36.1. The van der Waals surface area contributed by atoms with Crippen molar-refractivity contribution >= 4 is 17.8 Å². The molecule has 7 nitrogen and oxygen atoms in total. The van der Waals surface area contributed by atoms with E-state index in [9.17, 15) is 14.4 Å². The van der Waals surface area contributed by atoms with Crippen molar-refractivity contribution in [2.45, 2.75) is 13.0 Å². The Labute approximate surface area is 93.0 Å². The van der Waals surface area contributed by atoms with Gasteiger partial charge in [0, 0.05) is 13.6 Å². The van der Waals surface area contributed by atoms with E-state index in [-0.39, 0.29) is 25.5 Å². The van der Waals surface area contributed by atoms with Crippen LogP contribution in [0.4, 0.5) is 4.79 Å². The van der Waals surface area contributed by atoms with Gasteiger partial charge in [-0.05, 0) is 6.92 Å². The van der Waals surface area contributed by atoms with Gasteiger partial charge in [-0.25, -0.2) is 4.79 Å². The quantitative estimate of drug-likeness (QED) is 0.567. The van der Waals surface area contributed by atoms with Crippen molar-refractivity contribution in [2.75, 3.05) is 26.7 Å². The molecule has 1 unspecified atom stereocenters. The number of aliphatic hydroxyl groups excluding tert-OH is 1. The van der Waals surface area contributed by atoms with Crippen LogP contribution in [0, 0.1) is 0 Å². The summed E-state index contributed by atoms with van der Waals surface area (Å²) in [6, 6.07) is -0.475. The van der Waals surface area contributed by atoms with Crippen LogP contribution < -0.4 is 5.32 Å². The summed E-state index contributed by atoms with van der Waals surface area (Å²) < 4.78 is 0. The van der Waals surface area contributed by atoms with E-state index < -0.39 is 18.0 Å². The number of hydrogen-bond donors (Lipinski definition) is 2. The van der Waals surface area contributed by atoms with Gasteiger partial charge < -0.3 is 15.3 Å². The van der Waals surface area contributed by atoms with Crippen molar-refractivity contribution in [3.63, 3.8) is 0 Å². The van der Waals surface area contributed by atoms with Crippen LogP contribution in [0.3, 0.4) is 0 Å². The van der Waals surface area contributed by atoms with Crippen molar-refractivity contribution in [3.05, 3.63) is 0 Å². The lowest BCUT2D eigenvalue weighted by atomic mass is 10.4. The first kappa shape index (κ1) is 12.4. The van der Waals surface area contributed by atoms with Gasteiger partial charge in [0.1, 0.15) is 13.1 Å². The Kier molecular flexibility index (Phi) is 3.83. The molecule has 7 heteroatoms. The molecule has 1 rings (SSSR count). The van der Waals surface area contributed by atoms with Crippen molar-refractivity contribution in [2.24, 2.45) is 0 Å². The van der Waals surface area contributed by atoms with Crippen molar-refractivity contribution in [3.8, 4) is 0 Å². The molecule has 1 heterocycles. The van der Waals surface area contributed by atoms with Crippen LogP contribution in [0.15, 0.2) is 0 Å². The molecule has 0 aromatic rings. The molecular weight excluding hydrogens is 214 g/mol. The molecule has 90 valence electrons. The predicted molar refractivity (Wildman–Crippen MR) is 54.4 cm³/mol. The molecule has 1 atom stereocenters. The molecule has 0 aliphatic carbocycles. The number of hydrogen-bond acceptors (Lipinski definition) is 4. The maximum absolute atomic E-state index is 11.4. The Morgan fingerprint density at radius 1 is 1.56 bits per heavy atom. The van der Waals surface area contributed by atoms with E-state index in [0.717, 1.165) is 4.90 Å². The summed E-state index contributed by atoms with van der Waals surface area (Å²) in [6.45, 7) is 1.34. The maximum Gasteiger partial charge on any atom is 0.327 e. The molecule has 1 saturated heterocycles. The first-order chi connectivity index (χ1) is 7.41. The predicted octanol–water partition coefficient (Wildman–Crippen LogP) is -1.62. The van der Waals surface area contributed by atoms with Crippen molar-refractivity contribution in [1.29, 1.82) is 0 Å². The van der Waals surface area contributed by atoms with Gasteiger partial charge >= 0.3 is 6.03 Å². The second kappa shape index (κ2) is 4.93. The zero-order valence-electron chi connectivity index (χ0n) is 9.27. The maximum atomic E-state index is 11.4. The van der Waals surface area contributed by atoms with Gasteiger partial charge in [-0.2, -0.15) is 0 Å². The van der Waals surface area contributed by atoms with Gasteiger partial charge in [-0.15, -0.1) is 0 Å². The number of nitrogens with zero attached hydrogens (tertiary/aromatic N) is 2. The second-order valence-corrected chi connectivity index (χ2v) is 3.77. The molecular formula is C9H15N3O4. The monoisotopic (exact) mass is 229 g/mol. The molecule has 0 aromatic heterocycles. The number of carbonyl (C=O) groups is 3. The molecule has 1 fully saturated rings. The largest absolute Gasteiger partial charge is 0.392 e. The lowest BCUT2D eigenvalue weighted by Gasteiger charge is -2.14.